The summed E-state index contributed by atoms with van der Waals surface area (Å²) in [5.41, 5.74) is -0.495. The van der Waals surface area contributed by atoms with Crippen molar-refractivity contribution in [3.8, 4) is 0 Å². The molecule has 0 spiro atoms. The maximum atomic E-state index is 11.5. The van der Waals surface area contributed by atoms with Gasteiger partial charge >= 0.3 is 11.9 Å². The Labute approximate surface area is 128 Å². The van der Waals surface area contributed by atoms with Gasteiger partial charge < -0.3 is 19.7 Å². The molecule has 0 unspecified atom stereocenters. The largest absolute Gasteiger partial charge is 0.478 e. The zero-order valence-corrected chi connectivity index (χ0v) is 12.2. The fourth-order valence-electron chi connectivity index (χ4n) is 2.31. The lowest BCUT2D eigenvalue weighted by Gasteiger charge is -2.34. The molecule has 0 amide bonds. The molecule has 2 N–H and O–H groups in total. The van der Waals surface area contributed by atoms with E-state index in [0.29, 0.717) is 6.42 Å². The molecule has 0 aliphatic rings. The minimum Gasteiger partial charge on any atom is -0.478 e. The molecule has 0 radical (unpaired) electrons. The number of carboxylic acids is 2. The summed E-state index contributed by atoms with van der Waals surface area (Å²) in [7, 11) is 0. The Kier molecular flexibility index (Phi) is 5.74. The lowest BCUT2D eigenvalue weighted by atomic mass is 9.90. The first kappa shape index (κ1) is 17.3. The zero-order valence-electron chi connectivity index (χ0n) is 12.2. The Morgan fingerprint density at radius 2 is 1.59 bits per heavy atom. The molecule has 0 aromatic heterocycles. The van der Waals surface area contributed by atoms with Crippen LogP contribution in [0.25, 0.3) is 0 Å². The molecule has 0 bridgehead atoms. The van der Waals surface area contributed by atoms with E-state index in [1.165, 1.54) is 18.2 Å². The van der Waals surface area contributed by atoms with Gasteiger partial charge in [-0.05, 0) is 18.6 Å². The first-order valence-corrected chi connectivity index (χ1v) is 6.61. The van der Waals surface area contributed by atoms with Gasteiger partial charge in [0.05, 0.1) is 29.2 Å². The van der Waals surface area contributed by atoms with Crippen molar-refractivity contribution in [3.63, 3.8) is 0 Å². The second kappa shape index (κ2) is 7.31. The van der Waals surface area contributed by atoms with E-state index in [1.807, 2.05) is 6.92 Å². The van der Waals surface area contributed by atoms with Gasteiger partial charge in [-0.3, -0.25) is 0 Å². The van der Waals surface area contributed by atoms with Gasteiger partial charge in [-0.2, -0.15) is 0 Å². The number of hydrogen-bond acceptors (Lipinski definition) is 4. The molecule has 1 aromatic rings. The van der Waals surface area contributed by atoms with E-state index in [9.17, 15) is 19.8 Å². The molecule has 0 aliphatic heterocycles. The highest BCUT2D eigenvalue weighted by Gasteiger charge is 2.41. The van der Waals surface area contributed by atoms with Gasteiger partial charge in [0.25, 0.3) is 5.79 Å². The number of carbonyl (C=O) groups is 2. The molecule has 0 atom stereocenters. The van der Waals surface area contributed by atoms with Gasteiger partial charge in [0.1, 0.15) is 0 Å². The summed E-state index contributed by atoms with van der Waals surface area (Å²) in [6.45, 7) is 8.74. The molecule has 22 heavy (non-hydrogen) atoms. The molecule has 118 valence electrons. The summed E-state index contributed by atoms with van der Waals surface area (Å²) in [6, 6.07) is 3.95. The Hall–Kier alpha value is -2.76. The molecular formula is C16H18O6. The number of carboxylic acid groups (broad SMARTS) is 2. The van der Waals surface area contributed by atoms with Crippen LogP contribution in [0.2, 0.25) is 0 Å². The summed E-state index contributed by atoms with van der Waals surface area (Å²) in [6.07, 6.45) is 2.94. The van der Waals surface area contributed by atoms with E-state index >= 15 is 0 Å². The van der Waals surface area contributed by atoms with Crippen LogP contribution in [0.1, 0.15) is 46.0 Å². The van der Waals surface area contributed by atoms with E-state index in [2.05, 4.69) is 13.2 Å². The first-order chi connectivity index (χ1) is 10.4. The minimum absolute atomic E-state index is 0.0725. The molecule has 1 aromatic carbocycles. The third-order valence-corrected chi connectivity index (χ3v) is 3.03. The van der Waals surface area contributed by atoms with Crippen LogP contribution < -0.4 is 0 Å². The highest BCUT2D eigenvalue weighted by atomic mass is 16.7. The SMILES string of the molecule is C=COC(CCC)(OC=C)c1c(C(=O)O)cccc1C(=O)O. The van der Waals surface area contributed by atoms with Crippen molar-refractivity contribution in [2.24, 2.45) is 0 Å². The second-order valence-electron chi connectivity index (χ2n) is 4.41. The topological polar surface area (TPSA) is 93.1 Å². The van der Waals surface area contributed by atoms with Crippen molar-refractivity contribution >= 4 is 11.9 Å². The van der Waals surface area contributed by atoms with E-state index in [0.717, 1.165) is 12.5 Å². The quantitative estimate of drug-likeness (QED) is 0.537. The predicted molar refractivity (Wildman–Crippen MR) is 79.5 cm³/mol. The lowest BCUT2D eigenvalue weighted by molar-refractivity contribution is -0.186. The Morgan fingerprint density at radius 3 is 1.91 bits per heavy atom. The standard InChI is InChI=1S/C16H18O6/c1-4-10-16(21-5-2,22-6-3)13-11(14(17)18)8-7-9-12(13)15(19)20/h5-9H,2-4,10H2,1H3,(H,17,18)(H,19,20). The highest BCUT2D eigenvalue weighted by molar-refractivity contribution is 5.97. The number of rotatable bonds is 9. The Balaban J connectivity index is 3.76. The predicted octanol–water partition coefficient (Wildman–Crippen LogP) is 3.36. The maximum absolute atomic E-state index is 11.5. The molecule has 0 aliphatic carbocycles. The average Bonchev–Trinajstić information content (AvgIpc) is 2.47. The summed E-state index contributed by atoms with van der Waals surface area (Å²) < 4.78 is 10.8. The number of hydrogen-bond donors (Lipinski definition) is 2. The van der Waals surface area contributed by atoms with Crippen molar-refractivity contribution in [2.75, 3.05) is 0 Å². The molecule has 0 heterocycles. The average molecular weight is 306 g/mol. The van der Waals surface area contributed by atoms with E-state index in [4.69, 9.17) is 9.47 Å². The smallest absolute Gasteiger partial charge is 0.336 e. The molecule has 0 saturated heterocycles. The molecule has 6 heteroatoms. The van der Waals surface area contributed by atoms with Crippen molar-refractivity contribution < 1.29 is 29.3 Å². The van der Waals surface area contributed by atoms with Crippen LogP contribution in [-0.2, 0) is 15.3 Å². The Morgan fingerprint density at radius 1 is 1.14 bits per heavy atom. The number of aromatic carboxylic acids is 2. The third kappa shape index (κ3) is 3.28. The van der Waals surface area contributed by atoms with Crippen LogP contribution >= 0.6 is 0 Å². The van der Waals surface area contributed by atoms with Crippen LogP contribution in [0.5, 0.6) is 0 Å². The maximum Gasteiger partial charge on any atom is 0.336 e. The summed E-state index contributed by atoms with van der Waals surface area (Å²) in [5.74, 6) is -4.17. The van der Waals surface area contributed by atoms with Gasteiger partial charge in [-0.25, -0.2) is 9.59 Å². The zero-order chi connectivity index (χ0) is 16.8. The van der Waals surface area contributed by atoms with E-state index in [-0.39, 0.29) is 23.1 Å². The van der Waals surface area contributed by atoms with Crippen molar-refractivity contribution in [1.82, 2.24) is 0 Å². The van der Waals surface area contributed by atoms with Crippen molar-refractivity contribution in [2.45, 2.75) is 25.6 Å². The number of ether oxygens (including phenoxy) is 2. The van der Waals surface area contributed by atoms with E-state index < -0.39 is 17.7 Å². The van der Waals surface area contributed by atoms with Crippen LogP contribution in [-0.4, -0.2) is 22.2 Å². The normalized spacial score (nSPS) is 10.6. The fourth-order valence-corrected chi connectivity index (χ4v) is 2.31. The van der Waals surface area contributed by atoms with Crippen molar-refractivity contribution in [1.29, 1.82) is 0 Å². The number of benzene rings is 1. The second-order valence-corrected chi connectivity index (χ2v) is 4.41. The van der Waals surface area contributed by atoms with Gasteiger partial charge in [0.15, 0.2) is 0 Å². The van der Waals surface area contributed by atoms with Gasteiger partial charge in [-0.1, -0.05) is 26.1 Å². The molecule has 0 saturated carbocycles. The molecular weight excluding hydrogens is 288 g/mol. The molecule has 6 nitrogen and oxygen atoms in total. The van der Waals surface area contributed by atoms with Crippen LogP contribution in [0.4, 0.5) is 0 Å². The summed E-state index contributed by atoms with van der Waals surface area (Å²) in [5, 5.41) is 18.8. The Bertz CT molecular complexity index is 548. The lowest BCUT2D eigenvalue weighted by Crippen LogP contribution is -2.34. The summed E-state index contributed by atoms with van der Waals surface area (Å²) in [4.78, 5) is 23.0. The van der Waals surface area contributed by atoms with E-state index in [1.54, 1.807) is 0 Å². The van der Waals surface area contributed by atoms with Gasteiger partial charge in [0, 0.05) is 6.42 Å². The first-order valence-electron chi connectivity index (χ1n) is 6.61. The monoisotopic (exact) mass is 306 g/mol. The fraction of sp³-hybridized carbons (Fsp3) is 0.250. The van der Waals surface area contributed by atoms with Crippen LogP contribution in [0.3, 0.4) is 0 Å². The van der Waals surface area contributed by atoms with Gasteiger partial charge in [0.2, 0.25) is 0 Å². The van der Waals surface area contributed by atoms with Crippen molar-refractivity contribution in [3.05, 3.63) is 60.6 Å². The highest BCUT2D eigenvalue weighted by Crippen LogP contribution is 2.37. The molecule has 1 rings (SSSR count). The van der Waals surface area contributed by atoms with Crippen LogP contribution in [0, 0.1) is 0 Å². The van der Waals surface area contributed by atoms with Crippen LogP contribution in [0.15, 0.2) is 43.9 Å². The summed E-state index contributed by atoms with van der Waals surface area (Å²) >= 11 is 0. The minimum atomic E-state index is -1.61. The van der Waals surface area contributed by atoms with Gasteiger partial charge in [-0.15, -0.1) is 0 Å². The third-order valence-electron chi connectivity index (χ3n) is 3.03. The molecule has 0 fully saturated rings.